The summed E-state index contributed by atoms with van der Waals surface area (Å²) in [5.41, 5.74) is -0.383. The van der Waals surface area contributed by atoms with Gasteiger partial charge in [0.25, 0.3) is 0 Å². The number of hydrogen-bond acceptors (Lipinski definition) is 5. The average molecular weight is 372 g/mol. The zero-order valence-corrected chi connectivity index (χ0v) is 16.1. The molecule has 3 amide bonds. The summed E-state index contributed by atoms with van der Waals surface area (Å²) >= 11 is 0. The molecule has 1 aromatic heterocycles. The van der Waals surface area contributed by atoms with Gasteiger partial charge in [-0.2, -0.15) is 0 Å². The lowest BCUT2D eigenvalue weighted by molar-refractivity contribution is -0.132. The maximum atomic E-state index is 13.2. The van der Waals surface area contributed by atoms with Crippen LogP contribution in [0.4, 0.5) is 10.6 Å². The molecular weight excluding hydrogens is 344 g/mol. The fourth-order valence-electron chi connectivity index (χ4n) is 5.13. The maximum absolute atomic E-state index is 13.2. The van der Waals surface area contributed by atoms with Gasteiger partial charge in [-0.25, -0.2) is 9.78 Å². The van der Waals surface area contributed by atoms with E-state index in [1.165, 1.54) is 0 Å². The van der Waals surface area contributed by atoms with Crippen LogP contribution >= 0.6 is 0 Å². The summed E-state index contributed by atoms with van der Waals surface area (Å²) in [5, 5.41) is 3.12. The number of rotatable bonds is 6. The van der Waals surface area contributed by atoms with E-state index in [4.69, 9.17) is 0 Å². The number of hydrogen-bond donors (Lipinski definition) is 1. The lowest BCUT2D eigenvalue weighted by atomic mass is 9.71. The Morgan fingerprint density at radius 2 is 2.19 bits per heavy atom. The van der Waals surface area contributed by atoms with Crippen molar-refractivity contribution in [1.29, 1.82) is 0 Å². The molecule has 3 fully saturated rings. The summed E-state index contributed by atoms with van der Waals surface area (Å²) in [6, 6.07) is 0.568. The first-order valence-corrected chi connectivity index (χ1v) is 9.89. The van der Waals surface area contributed by atoms with E-state index in [1.807, 2.05) is 7.05 Å². The molecule has 27 heavy (non-hydrogen) atoms. The quantitative estimate of drug-likeness (QED) is 0.809. The largest absolute Gasteiger partial charge is 0.354 e. The zero-order chi connectivity index (χ0) is 19.0. The van der Waals surface area contributed by atoms with Crippen molar-refractivity contribution in [3.05, 3.63) is 18.6 Å². The second-order valence-electron chi connectivity index (χ2n) is 7.88. The topological polar surface area (TPSA) is 81.7 Å². The molecule has 0 aromatic carbocycles. The van der Waals surface area contributed by atoms with Crippen molar-refractivity contribution < 1.29 is 9.59 Å². The Balaban J connectivity index is 1.42. The number of carbonyl (C=O) groups excluding carboxylic acids is 2. The first-order chi connectivity index (χ1) is 13.1. The molecule has 8 nitrogen and oxygen atoms in total. The molecule has 2 bridgehead atoms. The van der Waals surface area contributed by atoms with Gasteiger partial charge in [0, 0.05) is 57.7 Å². The highest BCUT2D eigenvalue weighted by atomic mass is 16.2. The number of nitrogens with one attached hydrogen (secondary N) is 1. The highest BCUT2D eigenvalue weighted by Crippen LogP contribution is 2.52. The number of likely N-dealkylation sites (N-methyl/N-ethyl adjacent to an activating group) is 1. The summed E-state index contributed by atoms with van der Waals surface area (Å²) in [5.74, 6) is 0.991. The third-order valence-electron chi connectivity index (χ3n) is 6.61. The second kappa shape index (κ2) is 6.98. The fourth-order valence-corrected chi connectivity index (χ4v) is 5.13. The van der Waals surface area contributed by atoms with Gasteiger partial charge in [0.2, 0.25) is 5.91 Å². The van der Waals surface area contributed by atoms with E-state index in [-0.39, 0.29) is 23.4 Å². The minimum Gasteiger partial charge on any atom is -0.354 e. The van der Waals surface area contributed by atoms with Gasteiger partial charge < -0.3 is 20.0 Å². The van der Waals surface area contributed by atoms with Gasteiger partial charge in [-0.15, -0.1) is 0 Å². The number of urea groups is 1. The summed E-state index contributed by atoms with van der Waals surface area (Å²) in [7, 11) is 1.81. The predicted molar refractivity (Wildman–Crippen MR) is 101 cm³/mol. The van der Waals surface area contributed by atoms with Crippen LogP contribution in [0.3, 0.4) is 0 Å². The lowest BCUT2D eigenvalue weighted by Gasteiger charge is -2.35. The van der Waals surface area contributed by atoms with Crippen molar-refractivity contribution in [1.82, 2.24) is 25.1 Å². The molecule has 4 rings (SSSR count). The molecule has 3 atom stereocenters. The SMILES string of the molecule is CC[C@]1(C(=O)NCCN2CCN(C)C2=O)C[C@H]2CC[C@@H]1N2c1cnccn1. The Hall–Kier alpha value is -2.38. The van der Waals surface area contributed by atoms with E-state index >= 15 is 0 Å². The molecule has 0 saturated carbocycles. The number of carbonyl (C=O) groups is 2. The van der Waals surface area contributed by atoms with Crippen LogP contribution < -0.4 is 10.2 Å². The van der Waals surface area contributed by atoms with Gasteiger partial charge >= 0.3 is 6.03 Å². The van der Waals surface area contributed by atoms with E-state index in [0.29, 0.717) is 19.1 Å². The first kappa shape index (κ1) is 18.0. The highest BCUT2D eigenvalue weighted by Gasteiger charge is 2.59. The van der Waals surface area contributed by atoms with Crippen molar-refractivity contribution in [2.75, 3.05) is 38.1 Å². The number of nitrogens with zero attached hydrogens (tertiary/aromatic N) is 5. The van der Waals surface area contributed by atoms with Crippen molar-refractivity contribution >= 4 is 17.8 Å². The Kier molecular flexibility index (Phi) is 4.65. The molecule has 1 N–H and O–H groups in total. The van der Waals surface area contributed by atoms with Gasteiger partial charge in [0.15, 0.2) is 0 Å². The van der Waals surface area contributed by atoms with Crippen LogP contribution in [-0.4, -0.2) is 77.0 Å². The van der Waals surface area contributed by atoms with Crippen molar-refractivity contribution in [3.8, 4) is 0 Å². The molecular formula is C19H28N6O2. The summed E-state index contributed by atoms with van der Waals surface area (Å²) in [4.78, 5) is 39.7. The van der Waals surface area contributed by atoms with Gasteiger partial charge in [-0.3, -0.25) is 9.78 Å². The number of aromatic nitrogens is 2. The molecule has 8 heteroatoms. The Morgan fingerprint density at radius 1 is 1.33 bits per heavy atom. The van der Waals surface area contributed by atoms with Crippen LogP contribution in [0.1, 0.15) is 32.6 Å². The second-order valence-corrected chi connectivity index (χ2v) is 7.88. The first-order valence-electron chi connectivity index (χ1n) is 9.89. The fraction of sp³-hybridized carbons (Fsp3) is 0.684. The van der Waals surface area contributed by atoms with Crippen LogP contribution in [0.5, 0.6) is 0 Å². The molecule has 0 spiro atoms. The third kappa shape index (κ3) is 2.91. The Labute approximate surface area is 159 Å². The average Bonchev–Trinajstić information content (AvgIpc) is 3.35. The van der Waals surface area contributed by atoms with Crippen molar-refractivity contribution in [2.24, 2.45) is 5.41 Å². The van der Waals surface area contributed by atoms with Crippen LogP contribution in [0.2, 0.25) is 0 Å². The number of anilines is 1. The van der Waals surface area contributed by atoms with Crippen LogP contribution in [0.15, 0.2) is 18.6 Å². The monoisotopic (exact) mass is 372 g/mol. The van der Waals surface area contributed by atoms with Gasteiger partial charge in [0.05, 0.1) is 11.6 Å². The molecule has 4 heterocycles. The van der Waals surface area contributed by atoms with E-state index in [9.17, 15) is 9.59 Å². The Morgan fingerprint density at radius 3 is 2.85 bits per heavy atom. The van der Waals surface area contributed by atoms with Crippen LogP contribution in [0, 0.1) is 5.41 Å². The van der Waals surface area contributed by atoms with Crippen LogP contribution in [-0.2, 0) is 4.79 Å². The van der Waals surface area contributed by atoms with E-state index in [2.05, 4.69) is 27.1 Å². The maximum Gasteiger partial charge on any atom is 0.319 e. The molecule has 1 aromatic rings. The third-order valence-corrected chi connectivity index (χ3v) is 6.61. The molecule has 3 saturated heterocycles. The van der Waals surface area contributed by atoms with Crippen LogP contribution in [0.25, 0.3) is 0 Å². The van der Waals surface area contributed by atoms with Crippen molar-refractivity contribution in [3.63, 3.8) is 0 Å². The molecule has 0 aliphatic carbocycles. The smallest absolute Gasteiger partial charge is 0.319 e. The Bertz CT molecular complexity index is 713. The molecule has 3 aliphatic heterocycles. The molecule has 0 radical (unpaired) electrons. The summed E-state index contributed by atoms with van der Waals surface area (Å²) in [6.07, 6.45) is 8.97. The van der Waals surface area contributed by atoms with E-state index in [0.717, 1.165) is 44.6 Å². The van der Waals surface area contributed by atoms with E-state index < -0.39 is 0 Å². The van der Waals surface area contributed by atoms with Gasteiger partial charge in [-0.05, 0) is 25.7 Å². The zero-order valence-electron chi connectivity index (χ0n) is 16.1. The molecule has 146 valence electrons. The minimum absolute atomic E-state index is 0.0446. The summed E-state index contributed by atoms with van der Waals surface area (Å²) < 4.78 is 0. The lowest BCUT2D eigenvalue weighted by Crippen LogP contribution is -2.50. The minimum atomic E-state index is -0.383. The number of amides is 3. The predicted octanol–water partition coefficient (Wildman–Crippen LogP) is 1.10. The molecule has 0 unspecified atom stereocenters. The molecule has 3 aliphatic rings. The van der Waals surface area contributed by atoms with Crippen molar-refractivity contribution in [2.45, 2.75) is 44.7 Å². The van der Waals surface area contributed by atoms with Gasteiger partial charge in [-0.1, -0.05) is 6.92 Å². The van der Waals surface area contributed by atoms with Gasteiger partial charge in [0.1, 0.15) is 5.82 Å². The highest BCUT2D eigenvalue weighted by molar-refractivity contribution is 5.85. The normalized spacial score (nSPS) is 29.7. The number of fused-ring (bicyclic) bond motifs is 2. The summed E-state index contributed by atoms with van der Waals surface area (Å²) in [6.45, 7) is 4.66. The van der Waals surface area contributed by atoms with E-state index in [1.54, 1.807) is 28.4 Å². The standard InChI is InChI=1S/C19H28N6O2/c1-3-19(17(26)22-8-9-24-11-10-23(2)18(24)27)12-14-4-5-15(19)25(14)16-13-20-6-7-21-16/h6-7,13-15H,3-5,8-12H2,1-2H3,(H,22,26)/t14-,15+,19+/m1/s1.